The first-order valence-corrected chi connectivity index (χ1v) is 19.6. The van der Waals surface area contributed by atoms with Crippen molar-refractivity contribution in [1.82, 2.24) is 16.0 Å². The van der Waals surface area contributed by atoms with E-state index in [2.05, 4.69) is 49.8 Å². The lowest BCUT2D eigenvalue weighted by Gasteiger charge is -2.42. The Morgan fingerprint density at radius 1 is 0.950 bits per heavy atom. The molecule has 9 nitrogen and oxygen atoms in total. The fourth-order valence-corrected chi connectivity index (χ4v) is 7.71. The predicted octanol–water partition coefficient (Wildman–Crippen LogP) is 4.19. The number of carbonyl (C=O) groups is 4. The van der Waals surface area contributed by atoms with E-state index in [0.29, 0.717) is 12.2 Å². The summed E-state index contributed by atoms with van der Waals surface area (Å²) in [5, 5.41) is 8.70. The quantitative estimate of drug-likeness (QED) is 0.186. The van der Waals surface area contributed by atoms with Crippen LogP contribution in [-0.4, -0.2) is 73.8 Å². The van der Waals surface area contributed by atoms with Gasteiger partial charge >= 0.3 is 5.97 Å². The molecule has 0 aromatic heterocycles. The van der Waals surface area contributed by atoms with E-state index >= 15 is 0 Å². The molecule has 0 saturated carbocycles. The van der Waals surface area contributed by atoms with Crippen LogP contribution in [-0.2, 0) is 28.3 Å². The fraction of sp³-hybridized carbons (Fsp3) is 0.786. The first-order chi connectivity index (χ1) is 18.5. The summed E-state index contributed by atoms with van der Waals surface area (Å²) in [5.74, 6) is -0.825. The van der Waals surface area contributed by atoms with Crippen molar-refractivity contribution in [3.63, 3.8) is 0 Å². The molecule has 0 unspecified atom stereocenters. The van der Waals surface area contributed by atoms with E-state index in [1.165, 1.54) is 10.8 Å². The molecule has 0 aromatic rings. The summed E-state index contributed by atoms with van der Waals surface area (Å²) < 4.78 is 12.6. The van der Waals surface area contributed by atoms with Gasteiger partial charge in [0, 0.05) is 11.5 Å². The van der Waals surface area contributed by atoms with Gasteiger partial charge in [0.25, 0.3) is 0 Å². The lowest BCUT2D eigenvalue weighted by Crippen LogP contribution is -2.60. The molecule has 0 spiro atoms. The molecular formula is C28H49N3O6S2Si. The Morgan fingerprint density at radius 2 is 1.62 bits per heavy atom. The molecule has 2 aliphatic rings. The molecule has 0 aliphatic carbocycles. The predicted molar refractivity (Wildman–Crippen MR) is 165 cm³/mol. The molecule has 0 radical (unpaired) electrons. The van der Waals surface area contributed by atoms with E-state index in [9.17, 15) is 19.2 Å². The monoisotopic (exact) mass is 615 g/mol. The van der Waals surface area contributed by atoms with E-state index in [1.807, 2.05) is 33.8 Å². The van der Waals surface area contributed by atoms with E-state index in [1.54, 1.807) is 16.9 Å². The number of esters is 1. The summed E-state index contributed by atoms with van der Waals surface area (Å²) in [6.07, 6.45) is 2.77. The Morgan fingerprint density at radius 3 is 2.23 bits per heavy atom. The molecule has 40 heavy (non-hydrogen) atoms. The summed E-state index contributed by atoms with van der Waals surface area (Å²) in [6.45, 7) is 18.2. The molecule has 2 bridgehead atoms. The number of rotatable bonds is 4. The van der Waals surface area contributed by atoms with Gasteiger partial charge in [-0.2, -0.15) is 0 Å². The number of fused-ring (bicyclic) bond motifs is 7. The zero-order chi connectivity index (χ0) is 30.3. The second kappa shape index (κ2) is 15.1. The number of carbonyl (C=O) groups excluding carboxylic acids is 4. The largest absolute Gasteiger partial charge is 0.457 e. The topological polar surface area (TPSA) is 123 Å². The molecule has 5 atom stereocenters. The number of hydrogen-bond donors (Lipinski definition) is 3. The van der Waals surface area contributed by atoms with Crippen LogP contribution in [0.2, 0.25) is 18.1 Å². The van der Waals surface area contributed by atoms with Crippen molar-refractivity contribution in [3.05, 3.63) is 12.2 Å². The summed E-state index contributed by atoms with van der Waals surface area (Å²) in [4.78, 5) is 53.6. The van der Waals surface area contributed by atoms with Crippen molar-refractivity contribution in [2.45, 2.75) is 116 Å². The standard InChI is InChI=1S/C28H49N3O6S2Si/c1-17(2)24-21(37-40(8,9)28(5,6)7)15-23(33)36-19-12-10-11-13-38-39-16-20(26(34)31-24)29-27(35)25(18(3)4)30-22(32)14-19/h10,12,17-21,24-25H,11,13-16H2,1-9H3,(H,29,35)(H,30,32)(H,31,34)/b12-10+/t19-,20-,21+,24-,25-/m1/s1. The van der Waals surface area contributed by atoms with Gasteiger partial charge in [0.15, 0.2) is 8.32 Å². The van der Waals surface area contributed by atoms with Gasteiger partial charge in [-0.3, -0.25) is 19.2 Å². The lowest BCUT2D eigenvalue weighted by atomic mass is 9.96. The van der Waals surface area contributed by atoms with Crippen LogP contribution in [0.5, 0.6) is 0 Å². The van der Waals surface area contributed by atoms with Crippen molar-refractivity contribution >= 4 is 53.6 Å². The number of hydrogen-bond acceptors (Lipinski definition) is 8. The van der Waals surface area contributed by atoms with Crippen LogP contribution in [0, 0.1) is 11.8 Å². The van der Waals surface area contributed by atoms with Gasteiger partial charge < -0.3 is 25.1 Å². The maximum Gasteiger partial charge on any atom is 0.309 e. The van der Waals surface area contributed by atoms with Gasteiger partial charge in [0.05, 0.1) is 25.0 Å². The highest BCUT2D eigenvalue weighted by atomic mass is 33.1. The molecular weight excluding hydrogens is 567 g/mol. The molecule has 12 heteroatoms. The summed E-state index contributed by atoms with van der Waals surface area (Å²) in [7, 11) is 0.760. The first-order valence-electron chi connectivity index (χ1n) is 14.2. The third-order valence-corrected chi connectivity index (χ3v) is 14.6. The van der Waals surface area contributed by atoms with Crippen molar-refractivity contribution in [3.8, 4) is 0 Å². The maximum absolute atomic E-state index is 13.8. The van der Waals surface area contributed by atoms with E-state index in [0.717, 1.165) is 5.75 Å². The van der Waals surface area contributed by atoms with Gasteiger partial charge in [-0.15, -0.1) is 0 Å². The smallest absolute Gasteiger partial charge is 0.309 e. The van der Waals surface area contributed by atoms with Crippen molar-refractivity contribution in [2.75, 3.05) is 11.5 Å². The van der Waals surface area contributed by atoms with Crippen molar-refractivity contribution in [1.29, 1.82) is 0 Å². The van der Waals surface area contributed by atoms with Gasteiger partial charge in [-0.1, -0.05) is 76.1 Å². The fourth-order valence-electron chi connectivity index (χ4n) is 4.21. The van der Waals surface area contributed by atoms with Crippen LogP contribution >= 0.6 is 21.6 Å². The Hall–Kier alpha value is -1.50. The SMILES string of the molecule is CC(C)[C@H]1NC(=O)[C@H]2CSSCC/C=C/[C@H](CC(=O)N[C@H](C(C)C)C(=O)N2)OC(=O)C[C@@H]1O[Si](C)(C)C(C)(C)C. The van der Waals surface area contributed by atoms with Crippen LogP contribution in [0.3, 0.4) is 0 Å². The van der Waals surface area contributed by atoms with Crippen molar-refractivity contribution < 1.29 is 28.3 Å². The molecule has 228 valence electrons. The number of nitrogens with one attached hydrogen (secondary N) is 3. The van der Waals surface area contributed by atoms with Gasteiger partial charge in [0.2, 0.25) is 17.7 Å². The number of ether oxygens (including phenoxy) is 1. The minimum absolute atomic E-state index is 0.0678. The van der Waals surface area contributed by atoms with Crippen LogP contribution in [0.15, 0.2) is 12.2 Å². The van der Waals surface area contributed by atoms with Gasteiger partial charge in [0.1, 0.15) is 18.2 Å². The van der Waals surface area contributed by atoms with Crippen LogP contribution in [0.1, 0.15) is 67.7 Å². The van der Waals surface area contributed by atoms with E-state index in [-0.39, 0.29) is 35.6 Å². The minimum atomic E-state index is -2.37. The highest BCUT2D eigenvalue weighted by Crippen LogP contribution is 2.38. The molecule has 2 rings (SSSR count). The molecule has 2 aliphatic heterocycles. The average Bonchev–Trinajstić information content (AvgIpc) is 2.81. The van der Waals surface area contributed by atoms with Gasteiger partial charge in [-0.25, -0.2) is 0 Å². The molecule has 0 aromatic carbocycles. The van der Waals surface area contributed by atoms with E-state index < -0.39 is 56.4 Å². The molecule has 3 amide bonds. The third kappa shape index (κ3) is 10.4. The Balaban J connectivity index is 2.61. The van der Waals surface area contributed by atoms with Crippen LogP contribution in [0.4, 0.5) is 0 Å². The summed E-state index contributed by atoms with van der Waals surface area (Å²) >= 11 is 0. The minimum Gasteiger partial charge on any atom is -0.457 e. The average molecular weight is 616 g/mol. The molecule has 1 saturated heterocycles. The van der Waals surface area contributed by atoms with Crippen LogP contribution < -0.4 is 16.0 Å². The Labute approximate surface area is 249 Å². The molecule has 2 heterocycles. The van der Waals surface area contributed by atoms with Crippen molar-refractivity contribution in [2.24, 2.45) is 11.8 Å². The lowest BCUT2D eigenvalue weighted by molar-refractivity contribution is -0.151. The highest BCUT2D eigenvalue weighted by molar-refractivity contribution is 8.76. The zero-order valence-corrected chi connectivity index (χ0v) is 28.1. The van der Waals surface area contributed by atoms with Crippen LogP contribution in [0.25, 0.3) is 0 Å². The maximum atomic E-state index is 13.8. The third-order valence-electron chi connectivity index (χ3n) is 7.65. The second-order valence-corrected chi connectivity index (χ2v) is 20.2. The second-order valence-electron chi connectivity index (χ2n) is 12.8. The summed E-state index contributed by atoms with van der Waals surface area (Å²) in [6, 6.07) is -2.17. The van der Waals surface area contributed by atoms with E-state index in [4.69, 9.17) is 9.16 Å². The first kappa shape index (κ1) is 34.7. The Bertz CT molecular complexity index is 937. The Kier molecular flexibility index (Phi) is 13.1. The van der Waals surface area contributed by atoms with Gasteiger partial charge in [-0.05, 0) is 42.5 Å². The molecule has 1 fully saturated rings. The normalized spacial score (nSPS) is 29.4. The number of allylic oxidation sites excluding steroid dienone is 1. The molecule has 3 N–H and O–H groups in total. The summed E-state index contributed by atoms with van der Waals surface area (Å²) in [5.41, 5.74) is 0. The highest BCUT2D eigenvalue weighted by Gasteiger charge is 2.43. The zero-order valence-electron chi connectivity index (χ0n) is 25.5. The number of amides is 3.